The van der Waals surface area contributed by atoms with Crippen LogP contribution in [0.1, 0.15) is 125 Å². The third-order valence-corrected chi connectivity index (χ3v) is 10.5. The number of hydrogen-bond donors (Lipinski definition) is 1. The average Bonchev–Trinajstić information content (AvgIpc) is 2.67. The molecule has 3 rings (SSSR count). The molecule has 3 fully saturated rings. The maximum Gasteiger partial charge on any atom is 0.391 e. The molecule has 6 unspecified atom stereocenters. The van der Waals surface area contributed by atoms with Gasteiger partial charge in [0.2, 0.25) is 0 Å². The van der Waals surface area contributed by atoms with Crippen LogP contribution >= 0.6 is 0 Å². The highest BCUT2D eigenvalue weighted by Crippen LogP contribution is 2.60. The fourth-order valence-corrected chi connectivity index (χ4v) is 7.88. The van der Waals surface area contributed by atoms with E-state index in [1.807, 2.05) is 6.92 Å². The van der Waals surface area contributed by atoms with Gasteiger partial charge >= 0.3 is 6.18 Å². The summed E-state index contributed by atoms with van der Waals surface area (Å²) >= 11 is 0. The predicted octanol–water partition coefficient (Wildman–Crippen LogP) is 8.94. The number of halogens is 3. The van der Waals surface area contributed by atoms with Crippen molar-refractivity contribution in [1.29, 1.82) is 0 Å². The second kappa shape index (κ2) is 9.78. The van der Waals surface area contributed by atoms with Crippen LogP contribution in [0.4, 0.5) is 13.2 Å². The first-order valence-electron chi connectivity index (χ1n) is 13.5. The van der Waals surface area contributed by atoms with Gasteiger partial charge in [0.25, 0.3) is 0 Å². The fraction of sp³-hybridized carbons (Fsp3) is 1.00. The zero-order valence-electron chi connectivity index (χ0n) is 21.4. The van der Waals surface area contributed by atoms with Gasteiger partial charge < -0.3 is 5.11 Å². The maximum absolute atomic E-state index is 12.9. The number of rotatable bonds is 4. The van der Waals surface area contributed by atoms with E-state index < -0.39 is 17.7 Å². The van der Waals surface area contributed by atoms with Crippen LogP contribution in [0, 0.1) is 40.4 Å². The van der Waals surface area contributed by atoms with Crippen LogP contribution in [0.15, 0.2) is 0 Å². The lowest BCUT2D eigenvalue weighted by molar-refractivity contribution is -0.171. The molecule has 0 saturated heterocycles. The Kier molecular flexibility index (Phi) is 8.06. The van der Waals surface area contributed by atoms with Crippen molar-refractivity contribution >= 4 is 0 Å². The highest BCUT2D eigenvalue weighted by atomic mass is 19.4. The van der Waals surface area contributed by atoms with Crippen molar-refractivity contribution in [3.8, 4) is 0 Å². The quantitative estimate of drug-likeness (QED) is 0.446. The molecule has 32 heavy (non-hydrogen) atoms. The van der Waals surface area contributed by atoms with Crippen molar-refractivity contribution < 1.29 is 18.3 Å². The van der Waals surface area contributed by atoms with Gasteiger partial charge in [0.15, 0.2) is 0 Å². The third-order valence-electron chi connectivity index (χ3n) is 10.5. The Hall–Kier alpha value is -0.250. The van der Waals surface area contributed by atoms with E-state index in [9.17, 15) is 18.3 Å². The molecular formula is C28H49F3O. The molecule has 188 valence electrons. The molecule has 0 aromatic carbocycles. The van der Waals surface area contributed by atoms with Crippen molar-refractivity contribution in [2.45, 2.75) is 136 Å². The summed E-state index contributed by atoms with van der Waals surface area (Å²) in [5, 5.41) is 10.7. The van der Waals surface area contributed by atoms with Crippen molar-refractivity contribution in [3.63, 3.8) is 0 Å². The molecule has 0 spiro atoms. The molecular weight excluding hydrogens is 409 g/mol. The Bertz CT molecular complexity index is 610. The minimum Gasteiger partial charge on any atom is -0.390 e. The van der Waals surface area contributed by atoms with Gasteiger partial charge in [-0.05, 0) is 106 Å². The highest BCUT2D eigenvalue weighted by Gasteiger charge is 2.52. The van der Waals surface area contributed by atoms with E-state index in [1.165, 1.54) is 58.3 Å². The molecule has 1 nitrogen and oxygen atoms in total. The Morgan fingerprint density at radius 2 is 1.59 bits per heavy atom. The number of hydrogen-bond acceptors (Lipinski definition) is 1. The van der Waals surface area contributed by atoms with Gasteiger partial charge in [-0.2, -0.15) is 13.2 Å². The monoisotopic (exact) mass is 458 g/mol. The first-order chi connectivity index (χ1) is 14.7. The summed E-state index contributed by atoms with van der Waals surface area (Å²) in [4.78, 5) is 0. The Balaban J connectivity index is 1.67. The molecule has 3 saturated carbocycles. The van der Waals surface area contributed by atoms with Gasteiger partial charge in [0.1, 0.15) is 0 Å². The molecule has 4 heteroatoms. The van der Waals surface area contributed by atoms with Crippen LogP contribution in [-0.4, -0.2) is 16.9 Å². The largest absolute Gasteiger partial charge is 0.391 e. The average molecular weight is 459 g/mol. The standard InChI is InChI=1S/C28H49F3O/c1-20(28(29,30)31)9-8-12-22-11-7-6-10-21-13-14-23-19-26(4,32)17-18-27(23,5)24(21)15-16-25(22,2)3/h20-24,32H,6-19H2,1-5H3/t20?,21?,22?,23?,24?,26-,27?/m0/s1. The summed E-state index contributed by atoms with van der Waals surface area (Å²) in [6, 6.07) is 0. The molecule has 0 radical (unpaired) electrons. The van der Waals surface area contributed by atoms with E-state index in [-0.39, 0.29) is 11.8 Å². The smallest absolute Gasteiger partial charge is 0.390 e. The van der Waals surface area contributed by atoms with Gasteiger partial charge in [-0.3, -0.25) is 0 Å². The number of aliphatic hydroxyl groups is 1. The van der Waals surface area contributed by atoms with E-state index in [0.29, 0.717) is 23.7 Å². The maximum atomic E-state index is 12.9. The summed E-state index contributed by atoms with van der Waals surface area (Å²) in [6.45, 7) is 10.7. The minimum absolute atomic E-state index is 0.187. The Labute approximate surface area is 195 Å². The molecule has 7 atom stereocenters. The molecule has 3 aliphatic rings. The molecule has 0 aliphatic heterocycles. The zero-order chi connectivity index (χ0) is 23.8. The summed E-state index contributed by atoms with van der Waals surface area (Å²) in [5.41, 5.74) is 0.0375. The van der Waals surface area contributed by atoms with E-state index in [4.69, 9.17) is 0 Å². The van der Waals surface area contributed by atoms with E-state index in [2.05, 4.69) is 20.8 Å². The third kappa shape index (κ3) is 6.05. The summed E-state index contributed by atoms with van der Waals surface area (Å²) < 4.78 is 38.8. The molecule has 0 heterocycles. The zero-order valence-corrected chi connectivity index (χ0v) is 21.4. The van der Waals surface area contributed by atoms with Crippen LogP contribution in [0.3, 0.4) is 0 Å². The van der Waals surface area contributed by atoms with Crippen molar-refractivity contribution in [2.75, 3.05) is 0 Å². The molecule has 0 aromatic heterocycles. The number of fused-ring (bicyclic) bond motifs is 3. The molecule has 0 amide bonds. The van der Waals surface area contributed by atoms with E-state index in [0.717, 1.165) is 37.5 Å². The summed E-state index contributed by atoms with van der Waals surface area (Å²) in [7, 11) is 0. The first-order valence-corrected chi connectivity index (χ1v) is 13.5. The minimum atomic E-state index is -4.06. The van der Waals surface area contributed by atoms with Crippen LogP contribution in [-0.2, 0) is 0 Å². The second-order valence-corrected chi connectivity index (χ2v) is 13.2. The first kappa shape index (κ1) is 26.4. The van der Waals surface area contributed by atoms with Crippen LogP contribution < -0.4 is 0 Å². The molecule has 1 N–H and O–H groups in total. The van der Waals surface area contributed by atoms with Gasteiger partial charge in [0.05, 0.1) is 11.5 Å². The summed E-state index contributed by atoms with van der Waals surface area (Å²) in [6.07, 6.45) is 10.9. The highest BCUT2D eigenvalue weighted by molar-refractivity contribution is 5.03. The van der Waals surface area contributed by atoms with Crippen LogP contribution in [0.5, 0.6) is 0 Å². The second-order valence-electron chi connectivity index (χ2n) is 13.2. The summed E-state index contributed by atoms with van der Waals surface area (Å²) in [5.74, 6) is 1.53. The van der Waals surface area contributed by atoms with Crippen molar-refractivity contribution in [3.05, 3.63) is 0 Å². The lowest BCUT2D eigenvalue weighted by Crippen LogP contribution is -2.51. The van der Waals surface area contributed by atoms with Crippen LogP contribution in [0.25, 0.3) is 0 Å². The van der Waals surface area contributed by atoms with Crippen molar-refractivity contribution in [1.82, 2.24) is 0 Å². The predicted molar refractivity (Wildman–Crippen MR) is 126 cm³/mol. The normalized spacial score (nSPS) is 41.9. The van der Waals surface area contributed by atoms with E-state index >= 15 is 0 Å². The molecule has 0 bridgehead atoms. The van der Waals surface area contributed by atoms with Gasteiger partial charge in [0, 0.05) is 0 Å². The lowest BCUT2D eigenvalue weighted by atomic mass is 9.48. The topological polar surface area (TPSA) is 20.2 Å². The van der Waals surface area contributed by atoms with E-state index in [1.54, 1.807) is 0 Å². The SMILES string of the molecule is CC(CCCC1CCCCC2CCC3C[C@@](C)(O)CCC3(C)C2CCC1(C)C)C(F)(F)F. The molecule has 0 aromatic rings. The van der Waals surface area contributed by atoms with Crippen LogP contribution in [0.2, 0.25) is 0 Å². The fourth-order valence-electron chi connectivity index (χ4n) is 7.88. The number of alkyl halides is 3. The lowest BCUT2D eigenvalue weighted by Gasteiger charge is -2.57. The van der Waals surface area contributed by atoms with Gasteiger partial charge in [-0.15, -0.1) is 0 Å². The van der Waals surface area contributed by atoms with Gasteiger partial charge in [-0.1, -0.05) is 53.4 Å². The van der Waals surface area contributed by atoms with Crippen molar-refractivity contribution in [2.24, 2.45) is 40.4 Å². The molecule has 3 aliphatic carbocycles. The van der Waals surface area contributed by atoms with Gasteiger partial charge in [-0.25, -0.2) is 0 Å². The Morgan fingerprint density at radius 3 is 2.28 bits per heavy atom. The Morgan fingerprint density at radius 1 is 0.906 bits per heavy atom.